The lowest BCUT2D eigenvalue weighted by Gasteiger charge is -2.27. The van der Waals surface area contributed by atoms with Gasteiger partial charge < -0.3 is 14.6 Å². The van der Waals surface area contributed by atoms with E-state index in [-0.39, 0.29) is 16.7 Å². The Morgan fingerprint density at radius 2 is 1.83 bits per heavy atom. The predicted octanol–water partition coefficient (Wildman–Crippen LogP) is 2.94. The normalized spacial score (nSPS) is 12.6. The summed E-state index contributed by atoms with van der Waals surface area (Å²) in [4.78, 5) is 34.1. The van der Waals surface area contributed by atoms with E-state index in [1.807, 2.05) is 0 Å². The Morgan fingerprint density at radius 3 is 2.21 bits per heavy atom. The minimum absolute atomic E-state index is 0.0580. The van der Waals surface area contributed by atoms with E-state index in [4.69, 9.17) is 9.47 Å². The van der Waals surface area contributed by atoms with Gasteiger partial charge in [-0.25, -0.2) is 9.59 Å². The Hall–Kier alpha value is -2.48. The van der Waals surface area contributed by atoms with Crippen molar-refractivity contribution in [2.45, 2.75) is 46.3 Å². The number of aryl methyl sites for hydroxylation is 1. The number of carboxylic acid groups (broad SMARTS) is 1. The Bertz CT molecular complexity index is 689. The maximum absolute atomic E-state index is 12.1. The molecule has 0 heterocycles. The van der Waals surface area contributed by atoms with Crippen LogP contribution in [0.25, 0.3) is 0 Å². The number of carboxylic acids is 1. The fourth-order valence-electron chi connectivity index (χ4n) is 2.39. The van der Waals surface area contributed by atoms with E-state index in [1.165, 1.54) is 27.0 Å². The molecule has 24 heavy (non-hydrogen) atoms. The highest BCUT2D eigenvalue weighted by molar-refractivity contribution is 5.95. The molecule has 132 valence electrons. The molecule has 0 aliphatic rings. The number of hydrogen-bond donors (Lipinski definition) is 1. The fraction of sp³-hybridized carbons (Fsp3) is 0.500. The molecular formula is C16H21NO7. The van der Waals surface area contributed by atoms with Gasteiger partial charge in [-0.2, -0.15) is 0 Å². The van der Waals surface area contributed by atoms with Crippen molar-refractivity contribution in [1.82, 2.24) is 0 Å². The minimum atomic E-state index is -1.40. The zero-order valence-electron chi connectivity index (χ0n) is 14.5. The average Bonchev–Trinajstić information content (AvgIpc) is 2.43. The molecule has 0 fully saturated rings. The van der Waals surface area contributed by atoms with Crippen LogP contribution in [0.1, 0.15) is 53.9 Å². The summed E-state index contributed by atoms with van der Waals surface area (Å²) in [6.07, 6.45) is -1.20. The van der Waals surface area contributed by atoms with Gasteiger partial charge in [0, 0.05) is 11.1 Å². The zero-order valence-corrected chi connectivity index (χ0v) is 14.5. The smallest absolute Gasteiger partial charge is 0.343 e. The van der Waals surface area contributed by atoms with Crippen LogP contribution in [-0.2, 0) is 14.3 Å². The largest absolute Gasteiger partial charge is 0.477 e. The topological polar surface area (TPSA) is 116 Å². The second-order valence-corrected chi connectivity index (χ2v) is 6.33. The van der Waals surface area contributed by atoms with Crippen molar-refractivity contribution in [2.75, 3.05) is 7.11 Å². The SMILES string of the molecule is COC(=O)C(OC(C)(C)C)c1cc(C)c(C(=O)O)c([N+](=O)[O-])c1C. The number of benzene rings is 1. The summed E-state index contributed by atoms with van der Waals surface area (Å²) in [5, 5.41) is 20.6. The molecule has 0 aromatic heterocycles. The van der Waals surface area contributed by atoms with Gasteiger partial charge >= 0.3 is 11.9 Å². The van der Waals surface area contributed by atoms with Crippen molar-refractivity contribution < 1.29 is 29.1 Å². The van der Waals surface area contributed by atoms with E-state index in [9.17, 15) is 24.8 Å². The van der Waals surface area contributed by atoms with Crippen molar-refractivity contribution in [2.24, 2.45) is 0 Å². The molecule has 0 bridgehead atoms. The molecule has 0 saturated heterocycles. The third kappa shape index (κ3) is 4.08. The molecule has 1 unspecified atom stereocenters. The lowest BCUT2D eigenvalue weighted by atomic mass is 9.93. The molecule has 0 amide bonds. The summed E-state index contributed by atoms with van der Waals surface area (Å²) in [6, 6.07) is 1.42. The van der Waals surface area contributed by atoms with Crippen molar-refractivity contribution >= 4 is 17.6 Å². The van der Waals surface area contributed by atoms with Crippen LogP contribution in [0.3, 0.4) is 0 Å². The molecular weight excluding hydrogens is 318 g/mol. The molecule has 1 aromatic rings. The first-order valence-electron chi connectivity index (χ1n) is 7.18. The maximum atomic E-state index is 12.1. The summed E-state index contributed by atoms with van der Waals surface area (Å²) in [6.45, 7) is 8.01. The molecule has 8 heteroatoms. The van der Waals surface area contributed by atoms with Gasteiger partial charge in [-0.3, -0.25) is 10.1 Å². The molecule has 1 rings (SSSR count). The van der Waals surface area contributed by atoms with Crippen LogP contribution in [0.4, 0.5) is 5.69 Å². The number of nitro benzene ring substituents is 1. The number of methoxy groups -OCH3 is 1. The van der Waals surface area contributed by atoms with E-state index in [0.29, 0.717) is 0 Å². The standard InChI is InChI=1S/C16H21NO7/c1-8-7-10(13(15(20)23-6)24-16(3,4)5)9(2)12(17(21)22)11(8)14(18)19/h7,13H,1-6H3,(H,18,19). The first-order chi connectivity index (χ1) is 10.9. The number of esters is 1. The fourth-order valence-corrected chi connectivity index (χ4v) is 2.39. The summed E-state index contributed by atoms with van der Waals surface area (Å²) < 4.78 is 10.4. The molecule has 1 N–H and O–H groups in total. The van der Waals surface area contributed by atoms with Crippen LogP contribution >= 0.6 is 0 Å². The number of hydrogen-bond acceptors (Lipinski definition) is 6. The highest BCUT2D eigenvalue weighted by Gasteiger charge is 2.35. The molecule has 0 radical (unpaired) electrons. The van der Waals surface area contributed by atoms with Crippen molar-refractivity contribution in [1.29, 1.82) is 0 Å². The summed E-state index contributed by atoms with van der Waals surface area (Å²) in [7, 11) is 1.18. The summed E-state index contributed by atoms with van der Waals surface area (Å²) in [5.41, 5.74) is -1.24. The van der Waals surface area contributed by atoms with Gasteiger partial charge in [-0.1, -0.05) is 6.07 Å². The second-order valence-electron chi connectivity index (χ2n) is 6.33. The second kappa shape index (κ2) is 6.96. The monoisotopic (exact) mass is 339 g/mol. The predicted molar refractivity (Wildman–Crippen MR) is 85.1 cm³/mol. The van der Waals surface area contributed by atoms with Crippen LogP contribution in [-0.4, -0.2) is 34.7 Å². The highest BCUT2D eigenvalue weighted by Crippen LogP contribution is 2.36. The van der Waals surface area contributed by atoms with Gasteiger partial charge in [0.1, 0.15) is 5.56 Å². The number of nitrogens with zero attached hydrogens (tertiary/aromatic N) is 1. The van der Waals surface area contributed by atoms with E-state index < -0.39 is 39.8 Å². The summed E-state index contributed by atoms with van der Waals surface area (Å²) >= 11 is 0. The van der Waals surface area contributed by atoms with Crippen molar-refractivity contribution in [3.05, 3.63) is 38.4 Å². The third-order valence-electron chi connectivity index (χ3n) is 3.36. The first-order valence-corrected chi connectivity index (χ1v) is 7.18. The first kappa shape index (κ1) is 19.6. The molecule has 0 aliphatic heterocycles. The highest BCUT2D eigenvalue weighted by atomic mass is 16.6. The number of nitro groups is 1. The van der Waals surface area contributed by atoms with Crippen molar-refractivity contribution in [3.63, 3.8) is 0 Å². The van der Waals surface area contributed by atoms with Gasteiger partial charge in [0.2, 0.25) is 0 Å². The van der Waals surface area contributed by atoms with Crippen LogP contribution < -0.4 is 0 Å². The lowest BCUT2D eigenvalue weighted by Crippen LogP contribution is -2.29. The van der Waals surface area contributed by atoms with Gasteiger partial charge in [0.05, 0.1) is 17.6 Å². The van der Waals surface area contributed by atoms with Crippen LogP contribution in [0.15, 0.2) is 6.07 Å². The number of rotatable bonds is 5. The number of ether oxygens (including phenoxy) is 2. The molecule has 1 aromatic carbocycles. The third-order valence-corrected chi connectivity index (χ3v) is 3.36. The van der Waals surface area contributed by atoms with E-state index in [1.54, 1.807) is 20.8 Å². The Labute approximate surface area is 139 Å². The van der Waals surface area contributed by atoms with Gasteiger partial charge in [0.25, 0.3) is 5.69 Å². The quantitative estimate of drug-likeness (QED) is 0.498. The lowest BCUT2D eigenvalue weighted by molar-refractivity contribution is -0.385. The van der Waals surface area contributed by atoms with Gasteiger partial charge in [0.15, 0.2) is 6.10 Å². The molecule has 1 atom stereocenters. The summed E-state index contributed by atoms with van der Waals surface area (Å²) in [5.74, 6) is -2.12. The number of aromatic carboxylic acids is 1. The van der Waals surface area contributed by atoms with Crippen LogP contribution in [0, 0.1) is 24.0 Å². The zero-order chi connectivity index (χ0) is 18.8. The van der Waals surface area contributed by atoms with E-state index in [0.717, 1.165) is 0 Å². The van der Waals surface area contributed by atoms with Crippen LogP contribution in [0.2, 0.25) is 0 Å². The van der Waals surface area contributed by atoms with Gasteiger partial charge in [-0.05, 0) is 40.2 Å². The molecule has 0 aliphatic carbocycles. The Kier molecular flexibility index (Phi) is 5.67. The maximum Gasteiger partial charge on any atom is 0.343 e. The average molecular weight is 339 g/mol. The van der Waals surface area contributed by atoms with Crippen LogP contribution in [0.5, 0.6) is 0 Å². The minimum Gasteiger partial charge on any atom is -0.477 e. The molecule has 0 spiro atoms. The number of carbonyl (C=O) groups excluding carboxylic acids is 1. The Balaban J connectivity index is 3.70. The van der Waals surface area contributed by atoms with Crippen molar-refractivity contribution in [3.8, 4) is 0 Å². The van der Waals surface area contributed by atoms with E-state index >= 15 is 0 Å². The number of carbonyl (C=O) groups is 2. The van der Waals surface area contributed by atoms with E-state index in [2.05, 4.69) is 0 Å². The Morgan fingerprint density at radius 1 is 1.29 bits per heavy atom. The van der Waals surface area contributed by atoms with Gasteiger partial charge in [-0.15, -0.1) is 0 Å². The molecule has 0 saturated carbocycles. The molecule has 8 nitrogen and oxygen atoms in total.